The highest BCUT2D eigenvalue weighted by Gasteiger charge is 2.09. The molecule has 0 fully saturated rings. The van der Waals surface area contributed by atoms with Crippen molar-refractivity contribution in [3.63, 3.8) is 0 Å². The summed E-state index contributed by atoms with van der Waals surface area (Å²) in [6.45, 7) is 1.29. The van der Waals surface area contributed by atoms with E-state index in [2.05, 4.69) is 15.3 Å². The summed E-state index contributed by atoms with van der Waals surface area (Å²) in [5.74, 6) is 0.656. The molecule has 0 spiro atoms. The number of unbranched alkanes of at least 4 members (excludes halogenated alkanes) is 1. The van der Waals surface area contributed by atoms with E-state index in [1.165, 1.54) is 0 Å². The summed E-state index contributed by atoms with van der Waals surface area (Å²) in [4.78, 5) is 5.50. The highest BCUT2D eigenvalue weighted by molar-refractivity contribution is 7.13. The van der Waals surface area contributed by atoms with Crippen LogP contribution in [0.3, 0.4) is 0 Å². The van der Waals surface area contributed by atoms with Crippen LogP contribution in [-0.2, 0) is 13.0 Å². The third-order valence-corrected chi connectivity index (χ3v) is 3.94. The van der Waals surface area contributed by atoms with Gasteiger partial charge in [0.15, 0.2) is 0 Å². The molecule has 0 unspecified atom stereocenters. The van der Waals surface area contributed by atoms with Crippen molar-refractivity contribution >= 4 is 11.3 Å². The monoisotopic (exact) mass is 303 g/mol. The van der Waals surface area contributed by atoms with Gasteiger partial charge in [0.25, 0.3) is 0 Å². The van der Waals surface area contributed by atoms with Gasteiger partial charge in [0, 0.05) is 6.20 Å². The van der Waals surface area contributed by atoms with E-state index >= 15 is 0 Å². The van der Waals surface area contributed by atoms with Crippen molar-refractivity contribution in [1.29, 1.82) is 0 Å². The van der Waals surface area contributed by atoms with Gasteiger partial charge in [-0.15, -0.1) is 16.4 Å². The number of aryl methyl sites for hydroxylation is 1. The van der Waals surface area contributed by atoms with E-state index in [0.29, 0.717) is 12.4 Å². The fourth-order valence-electron chi connectivity index (χ4n) is 2.04. The maximum absolute atomic E-state index is 5.49. The Hall–Kier alpha value is -1.99. The first-order chi connectivity index (χ1) is 10.3. The minimum atomic E-state index is 0.568. The first kappa shape index (κ1) is 14.0. The number of hydrogen-bond acceptors (Lipinski definition) is 6. The molecule has 110 valence electrons. The number of aromatic nitrogens is 4. The first-order valence-electron chi connectivity index (χ1n) is 6.92. The Kier molecular flexibility index (Phi) is 4.42. The van der Waals surface area contributed by atoms with Gasteiger partial charge in [-0.1, -0.05) is 11.3 Å². The van der Waals surface area contributed by atoms with Crippen molar-refractivity contribution in [1.82, 2.24) is 20.0 Å². The topological polar surface area (TPSA) is 82.8 Å². The molecule has 6 nitrogen and oxygen atoms in total. The number of thiophene rings is 1. The summed E-state index contributed by atoms with van der Waals surface area (Å²) < 4.78 is 7.28. The SMILES string of the molecule is NCCCCc1cn(Cc2coc(-c3cccs3)n2)nn1. The van der Waals surface area contributed by atoms with E-state index in [0.717, 1.165) is 42.1 Å². The van der Waals surface area contributed by atoms with Gasteiger partial charge in [0.2, 0.25) is 5.89 Å². The van der Waals surface area contributed by atoms with Crippen LogP contribution in [-0.4, -0.2) is 26.5 Å². The highest BCUT2D eigenvalue weighted by Crippen LogP contribution is 2.23. The average molecular weight is 303 g/mol. The van der Waals surface area contributed by atoms with Gasteiger partial charge in [-0.2, -0.15) is 0 Å². The minimum absolute atomic E-state index is 0.568. The lowest BCUT2D eigenvalue weighted by atomic mass is 10.2. The largest absolute Gasteiger partial charge is 0.443 e. The van der Waals surface area contributed by atoms with Crippen LogP contribution in [0.1, 0.15) is 24.2 Å². The Morgan fingerprint density at radius 1 is 1.29 bits per heavy atom. The van der Waals surface area contributed by atoms with Crippen LogP contribution in [0.15, 0.2) is 34.4 Å². The van der Waals surface area contributed by atoms with Gasteiger partial charge in [-0.25, -0.2) is 9.67 Å². The van der Waals surface area contributed by atoms with Crippen molar-refractivity contribution in [3.05, 3.63) is 41.4 Å². The zero-order chi connectivity index (χ0) is 14.5. The van der Waals surface area contributed by atoms with Crippen LogP contribution in [0.25, 0.3) is 10.8 Å². The number of hydrogen-bond donors (Lipinski definition) is 1. The van der Waals surface area contributed by atoms with E-state index in [1.807, 2.05) is 23.7 Å². The minimum Gasteiger partial charge on any atom is -0.443 e. The van der Waals surface area contributed by atoms with E-state index in [1.54, 1.807) is 22.3 Å². The van der Waals surface area contributed by atoms with Gasteiger partial charge in [0.1, 0.15) is 12.0 Å². The molecule has 0 aliphatic heterocycles. The Balaban J connectivity index is 1.61. The molecule has 0 amide bonds. The first-order valence-corrected chi connectivity index (χ1v) is 7.80. The van der Waals surface area contributed by atoms with Gasteiger partial charge in [-0.05, 0) is 37.3 Å². The number of rotatable bonds is 7. The molecule has 0 saturated carbocycles. The summed E-state index contributed by atoms with van der Waals surface area (Å²) in [5.41, 5.74) is 7.32. The van der Waals surface area contributed by atoms with E-state index < -0.39 is 0 Å². The lowest BCUT2D eigenvalue weighted by Crippen LogP contribution is -2.00. The van der Waals surface area contributed by atoms with Crippen molar-refractivity contribution in [2.24, 2.45) is 5.73 Å². The molecule has 0 saturated heterocycles. The van der Waals surface area contributed by atoms with Crippen LogP contribution in [0.5, 0.6) is 0 Å². The summed E-state index contributed by atoms with van der Waals surface area (Å²) in [6, 6.07) is 3.97. The molecule has 21 heavy (non-hydrogen) atoms. The van der Waals surface area contributed by atoms with Crippen molar-refractivity contribution in [2.45, 2.75) is 25.8 Å². The molecule has 0 atom stereocenters. The molecule has 3 heterocycles. The molecule has 0 radical (unpaired) electrons. The maximum Gasteiger partial charge on any atom is 0.236 e. The molecule has 0 aliphatic rings. The van der Waals surface area contributed by atoms with Crippen molar-refractivity contribution < 1.29 is 4.42 Å². The van der Waals surface area contributed by atoms with Gasteiger partial charge in [0.05, 0.1) is 17.1 Å². The fraction of sp³-hybridized carbons (Fsp3) is 0.357. The fourth-order valence-corrected chi connectivity index (χ4v) is 2.70. The molecule has 3 aromatic heterocycles. The molecule has 2 N–H and O–H groups in total. The Morgan fingerprint density at radius 3 is 3.05 bits per heavy atom. The molecule has 0 aromatic carbocycles. The number of nitrogens with zero attached hydrogens (tertiary/aromatic N) is 4. The summed E-state index contributed by atoms with van der Waals surface area (Å²) >= 11 is 1.61. The lowest BCUT2D eigenvalue weighted by Gasteiger charge is -1.95. The van der Waals surface area contributed by atoms with Crippen LogP contribution >= 0.6 is 11.3 Å². The lowest BCUT2D eigenvalue weighted by molar-refractivity contribution is 0.569. The Bertz CT molecular complexity index is 673. The van der Waals surface area contributed by atoms with E-state index in [9.17, 15) is 0 Å². The molecule has 0 aliphatic carbocycles. The van der Waals surface area contributed by atoms with Gasteiger partial charge < -0.3 is 10.2 Å². The van der Waals surface area contributed by atoms with E-state index in [-0.39, 0.29) is 0 Å². The predicted octanol–water partition coefficient (Wildman–Crippen LogP) is 2.32. The molecular formula is C14H17N5OS. The third kappa shape index (κ3) is 3.56. The van der Waals surface area contributed by atoms with Crippen molar-refractivity contribution in [3.8, 4) is 10.8 Å². The summed E-state index contributed by atoms with van der Waals surface area (Å²) in [7, 11) is 0. The second-order valence-electron chi connectivity index (χ2n) is 4.77. The Labute approximate surface area is 126 Å². The van der Waals surface area contributed by atoms with Crippen LogP contribution in [0.4, 0.5) is 0 Å². The van der Waals surface area contributed by atoms with Crippen LogP contribution in [0.2, 0.25) is 0 Å². The summed E-state index contributed by atoms with van der Waals surface area (Å²) in [6.07, 6.45) is 6.60. The van der Waals surface area contributed by atoms with Gasteiger partial charge >= 0.3 is 0 Å². The maximum atomic E-state index is 5.49. The van der Waals surface area contributed by atoms with E-state index in [4.69, 9.17) is 10.2 Å². The number of nitrogens with two attached hydrogens (primary N) is 1. The highest BCUT2D eigenvalue weighted by atomic mass is 32.1. The smallest absolute Gasteiger partial charge is 0.236 e. The van der Waals surface area contributed by atoms with Crippen LogP contribution in [0, 0.1) is 0 Å². The second-order valence-corrected chi connectivity index (χ2v) is 5.72. The van der Waals surface area contributed by atoms with Crippen LogP contribution < -0.4 is 5.73 Å². The molecular weight excluding hydrogens is 286 g/mol. The zero-order valence-corrected chi connectivity index (χ0v) is 12.4. The quantitative estimate of drug-likeness (QED) is 0.677. The molecule has 3 aromatic rings. The normalized spacial score (nSPS) is 11.1. The average Bonchev–Trinajstić information content (AvgIpc) is 3.20. The predicted molar refractivity (Wildman–Crippen MR) is 80.9 cm³/mol. The standard InChI is InChI=1S/C14H17N5OS/c15-6-2-1-4-11-8-19(18-17-11)9-12-10-20-14(16-12)13-5-3-7-21-13/h3,5,7-8,10H,1-2,4,6,9,15H2. The Morgan fingerprint density at radius 2 is 2.24 bits per heavy atom. The summed E-state index contributed by atoms with van der Waals surface area (Å²) in [5, 5.41) is 10.3. The molecule has 7 heteroatoms. The zero-order valence-electron chi connectivity index (χ0n) is 11.6. The van der Waals surface area contributed by atoms with Crippen molar-refractivity contribution in [2.75, 3.05) is 6.54 Å². The third-order valence-electron chi connectivity index (χ3n) is 3.08. The molecule has 0 bridgehead atoms. The second kappa shape index (κ2) is 6.64. The van der Waals surface area contributed by atoms with Gasteiger partial charge in [-0.3, -0.25) is 0 Å². The number of oxazole rings is 1. The molecule has 3 rings (SSSR count).